The van der Waals surface area contributed by atoms with Crippen LogP contribution in [0.25, 0.3) is 10.9 Å². The molecule has 1 amide bonds. The molecule has 0 aliphatic carbocycles. The Kier molecular flexibility index (Phi) is 6.63. The van der Waals surface area contributed by atoms with Crippen molar-refractivity contribution < 1.29 is 9.63 Å². The molecule has 4 nitrogen and oxygen atoms in total. The van der Waals surface area contributed by atoms with Gasteiger partial charge in [0.25, 0.3) is 0 Å². The molecule has 1 heterocycles. The van der Waals surface area contributed by atoms with E-state index in [1.54, 1.807) is 11.8 Å². The zero-order chi connectivity index (χ0) is 17.6. The smallest absolute Gasteiger partial charge is 0.233 e. The quantitative estimate of drug-likeness (QED) is 0.524. The number of hydroxylamine groups is 2. The van der Waals surface area contributed by atoms with E-state index in [0.29, 0.717) is 0 Å². The molecule has 0 saturated carbocycles. The minimum atomic E-state index is -0.374. The predicted octanol–water partition coefficient (Wildman–Crippen LogP) is 4.44. The topological polar surface area (TPSA) is 42.4 Å². The summed E-state index contributed by atoms with van der Waals surface area (Å²) in [6, 6.07) is 10.4. The van der Waals surface area contributed by atoms with E-state index in [1.165, 1.54) is 10.6 Å². The fraction of sp³-hybridized carbons (Fsp3) is 0.474. The zero-order valence-corrected chi connectivity index (χ0v) is 15.7. The number of fused-ring (bicyclic) bond motifs is 1. The van der Waals surface area contributed by atoms with Gasteiger partial charge in [0.2, 0.25) is 6.41 Å². The summed E-state index contributed by atoms with van der Waals surface area (Å²) in [5.41, 5.74) is 1.84. The first-order chi connectivity index (χ1) is 11.4. The monoisotopic (exact) mass is 346 g/mol. The maximum absolute atomic E-state index is 11.3. The summed E-state index contributed by atoms with van der Waals surface area (Å²) in [7, 11) is 0. The first-order valence-corrected chi connectivity index (χ1v) is 9.42. The molecule has 2 aromatic rings. The van der Waals surface area contributed by atoms with E-state index < -0.39 is 0 Å². The van der Waals surface area contributed by atoms with E-state index in [0.717, 1.165) is 35.2 Å². The van der Waals surface area contributed by atoms with Crippen molar-refractivity contribution in [3.05, 3.63) is 42.1 Å². The predicted molar refractivity (Wildman–Crippen MR) is 101 cm³/mol. The average molecular weight is 346 g/mol. The number of thioether (sulfide) groups is 1. The molecule has 5 heteroatoms. The zero-order valence-electron chi connectivity index (χ0n) is 14.9. The Morgan fingerprint density at radius 1 is 1.33 bits per heavy atom. The van der Waals surface area contributed by atoms with Crippen molar-refractivity contribution in [1.82, 2.24) is 10.0 Å². The molecule has 1 unspecified atom stereocenters. The van der Waals surface area contributed by atoms with Gasteiger partial charge >= 0.3 is 0 Å². The van der Waals surface area contributed by atoms with Crippen molar-refractivity contribution in [3.63, 3.8) is 0 Å². The fourth-order valence-electron chi connectivity index (χ4n) is 2.38. The van der Waals surface area contributed by atoms with E-state index in [2.05, 4.69) is 24.0 Å². The first kappa shape index (κ1) is 18.7. The number of hydrogen-bond acceptors (Lipinski definition) is 4. The second-order valence-electron chi connectivity index (χ2n) is 6.78. The van der Waals surface area contributed by atoms with E-state index in [1.807, 2.05) is 45.2 Å². The van der Waals surface area contributed by atoms with Crippen molar-refractivity contribution in [2.24, 2.45) is 0 Å². The molecule has 1 aromatic carbocycles. The molecule has 0 aliphatic heterocycles. The molecule has 0 radical (unpaired) electrons. The minimum Gasteiger partial charge on any atom is -0.276 e. The molecule has 24 heavy (non-hydrogen) atoms. The lowest BCUT2D eigenvalue weighted by atomic mass is 10.2. The molecule has 1 atom stereocenters. The van der Waals surface area contributed by atoms with Gasteiger partial charge in [0.15, 0.2) is 0 Å². The number of amides is 1. The molecule has 0 spiro atoms. The van der Waals surface area contributed by atoms with E-state index in [4.69, 9.17) is 4.84 Å². The van der Waals surface area contributed by atoms with E-state index in [-0.39, 0.29) is 11.6 Å². The maximum Gasteiger partial charge on any atom is 0.233 e. The normalized spacial score (nSPS) is 13.0. The van der Waals surface area contributed by atoms with Gasteiger partial charge in [-0.25, -0.2) is 5.06 Å². The third-order valence-electron chi connectivity index (χ3n) is 3.54. The number of carbonyl (C=O) groups excluding carboxylic acids is 1. The standard InChI is InChI=1S/C19H26N2O2S/c1-5-17(21(14-22)23-19(2,3)4)13-24-12-15-10-16-8-6-7-9-18(16)20-11-15/h6-11,14,17H,5,12-13H2,1-4H3. The summed E-state index contributed by atoms with van der Waals surface area (Å²) in [6.07, 6.45) is 3.58. The molecule has 1 aromatic heterocycles. The number of rotatable bonds is 8. The minimum absolute atomic E-state index is 0.0696. The van der Waals surface area contributed by atoms with Crippen molar-refractivity contribution in [3.8, 4) is 0 Å². The number of carbonyl (C=O) groups is 1. The van der Waals surface area contributed by atoms with Crippen LogP contribution in [0.2, 0.25) is 0 Å². The summed E-state index contributed by atoms with van der Waals surface area (Å²) >= 11 is 1.80. The molecule has 2 rings (SSSR count). The lowest BCUT2D eigenvalue weighted by molar-refractivity contribution is -0.229. The number of benzene rings is 1. The number of hydrogen-bond donors (Lipinski definition) is 0. The number of aromatic nitrogens is 1. The Bertz CT molecular complexity index is 670. The third-order valence-corrected chi connectivity index (χ3v) is 4.70. The van der Waals surface area contributed by atoms with Gasteiger partial charge in [-0.2, -0.15) is 11.8 Å². The molecular formula is C19H26N2O2S. The van der Waals surface area contributed by atoms with Gasteiger partial charge in [0.1, 0.15) is 0 Å². The molecule has 0 N–H and O–H groups in total. The van der Waals surface area contributed by atoms with E-state index in [9.17, 15) is 4.79 Å². The van der Waals surface area contributed by atoms with Gasteiger partial charge in [-0.3, -0.25) is 14.6 Å². The third kappa shape index (κ3) is 5.49. The molecule has 0 saturated heterocycles. The highest BCUT2D eigenvalue weighted by molar-refractivity contribution is 7.98. The van der Waals surface area contributed by atoms with Gasteiger partial charge in [-0.15, -0.1) is 0 Å². The number of pyridine rings is 1. The molecule has 0 fully saturated rings. The van der Waals surface area contributed by atoms with Gasteiger partial charge < -0.3 is 0 Å². The number of para-hydroxylation sites is 1. The summed E-state index contributed by atoms with van der Waals surface area (Å²) in [5.74, 6) is 1.70. The van der Waals surface area contributed by atoms with Crippen molar-refractivity contribution in [2.75, 3.05) is 5.75 Å². The molecule has 0 aliphatic rings. The summed E-state index contributed by atoms with van der Waals surface area (Å²) < 4.78 is 0. The van der Waals surface area contributed by atoms with Crippen LogP contribution in [0.1, 0.15) is 39.7 Å². The van der Waals surface area contributed by atoms with Crippen LogP contribution in [0.5, 0.6) is 0 Å². The van der Waals surface area contributed by atoms with Crippen LogP contribution < -0.4 is 0 Å². The van der Waals surface area contributed by atoms with Gasteiger partial charge in [0, 0.05) is 23.1 Å². The Morgan fingerprint density at radius 2 is 2.08 bits per heavy atom. The second kappa shape index (κ2) is 8.49. The van der Waals surface area contributed by atoms with Crippen LogP contribution >= 0.6 is 11.8 Å². The Balaban J connectivity index is 1.93. The fourth-order valence-corrected chi connectivity index (χ4v) is 3.54. The van der Waals surface area contributed by atoms with Gasteiger partial charge in [-0.05, 0) is 44.9 Å². The highest BCUT2D eigenvalue weighted by Gasteiger charge is 2.22. The van der Waals surface area contributed by atoms with Crippen molar-refractivity contribution in [2.45, 2.75) is 51.5 Å². The Labute approximate surface area is 148 Å². The van der Waals surface area contributed by atoms with Crippen molar-refractivity contribution >= 4 is 29.1 Å². The molecule has 130 valence electrons. The van der Waals surface area contributed by atoms with Crippen LogP contribution in [0.3, 0.4) is 0 Å². The molecular weight excluding hydrogens is 320 g/mol. The van der Waals surface area contributed by atoms with Crippen LogP contribution in [-0.2, 0) is 15.4 Å². The first-order valence-electron chi connectivity index (χ1n) is 8.27. The second-order valence-corrected chi connectivity index (χ2v) is 7.81. The highest BCUT2D eigenvalue weighted by Crippen LogP contribution is 2.21. The lowest BCUT2D eigenvalue weighted by Crippen LogP contribution is -2.41. The van der Waals surface area contributed by atoms with Crippen LogP contribution in [-0.4, -0.2) is 33.9 Å². The van der Waals surface area contributed by atoms with Crippen LogP contribution in [0.15, 0.2) is 36.5 Å². The highest BCUT2D eigenvalue weighted by atomic mass is 32.2. The summed E-state index contributed by atoms with van der Waals surface area (Å²) in [6.45, 7) is 7.92. The molecule has 0 bridgehead atoms. The van der Waals surface area contributed by atoms with E-state index >= 15 is 0 Å². The Hall–Kier alpha value is -1.59. The Morgan fingerprint density at radius 3 is 2.75 bits per heavy atom. The van der Waals surface area contributed by atoms with Crippen LogP contribution in [0, 0.1) is 0 Å². The average Bonchev–Trinajstić information content (AvgIpc) is 2.56. The lowest BCUT2D eigenvalue weighted by Gasteiger charge is -2.32. The summed E-state index contributed by atoms with van der Waals surface area (Å²) in [4.78, 5) is 21.6. The maximum atomic E-state index is 11.3. The van der Waals surface area contributed by atoms with Crippen molar-refractivity contribution in [1.29, 1.82) is 0 Å². The number of nitrogens with zero attached hydrogens (tertiary/aromatic N) is 2. The van der Waals surface area contributed by atoms with Gasteiger partial charge in [0.05, 0.1) is 17.2 Å². The van der Waals surface area contributed by atoms with Gasteiger partial charge in [-0.1, -0.05) is 25.1 Å². The summed E-state index contributed by atoms with van der Waals surface area (Å²) in [5, 5.41) is 2.62. The largest absolute Gasteiger partial charge is 0.276 e. The van der Waals surface area contributed by atoms with Crippen LogP contribution in [0.4, 0.5) is 0 Å². The SMILES string of the molecule is CCC(CSCc1cnc2ccccc2c1)N(C=O)OC(C)(C)C.